The Morgan fingerprint density at radius 3 is 2.75 bits per heavy atom. The third-order valence-electron chi connectivity index (χ3n) is 3.87. The molecule has 0 bridgehead atoms. The van der Waals surface area contributed by atoms with E-state index >= 15 is 0 Å². The van der Waals surface area contributed by atoms with Crippen molar-refractivity contribution < 1.29 is 24.2 Å². The minimum absolute atomic E-state index is 0.145. The first kappa shape index (κ1) is 17.0. The highest BCUT2D eigenvalue weighted by molar-refractivity contribution is 8.01. The van der Waals surface area contributed by atoms with Crippen LogP contribution in [0.3, 0.4) is 0 Å². The molecule has 2 amide bonds. The fourth-order valence-electron chi connectivity index (χ4n) is 2.85. The van der Waals surface area contributed by atoms with Gasteiger partial charge in [-0.05, 0) is 23.1 Å². The van der Waals surface area contributed by atoms with Gasteiger partial charge in [0.2, 0.25) is 5.91 Å². The van der Waals surface area contributed by atoms with E-state index in [0.717, 1.165) is 11.8 Å². The number of fused-ring (bicyclic) bond motifs is 1. The summed E-state index contributed by atoms with van der Waals surface area (Å²) < 4.78 is 5.03. The molecule has 0 spiro atoms. The Morgan fingerprint density at radius 1 is 1.46 bits per heavy atom. The van der Waals surface area contributed by atoms with Gasteiger partial charge in [0.05, 0.1) is 11.6 Å². The molecule has 1 saturated heterocycles. The average molecular weight is 368 g/mol. The number of aliphatic carboxylic acids is 1. The van der Waals surface area contributed by atoms with Gasteiger partial charge in [-0.25, -0.2) is 0 Å². The lowest BCUT2D eigenvalue weighted by atomic mass is 10.0. The first-order chi connectivity index (χ1) is 11.5. The first-order valence-corrected chi connectivity index (χ1v) is 9.01. The molecule has 3 rings (SSSR count). The number of carbonyl (C=O) groups excluding carboxylic acids is 2. The van der Waals surface area contributed by atoms with Crippen molar-refractivity contribution in [1.29, 1.82) is 0 Å². The highest BCUT2D eigenvalue weighted by Gasteiger charge is 2.55. The number of ether oxygens (including phenoxy) is 1. The third kappa shape index (κ3) is 2.72. The van der Waals surface area contributed by atoms with Crippen LogP contribution < -0.4 is 4.90 Å². The molecule has 24 heavy (non-hydrogen) atoms. The summed E-state index contributed by atoms with van der Waals surface area (Å²) >= 11 is 2.53. The van der Waals surface area contributed by atoms with E-state index in [1.54, 1.807) is 12.3 Å². The van der Waals surface area contributed by atoms with Crippen molar-refractivity contribution in [1.82, 2.24) is 4.90 Å². The van der Waals surface area contributed by atoms with Crippen molar-refractivity contribution >= 4 is 45.9 Å². The number of thiophene rings is 1. The minimum atomic E-state index is -0.980. The number of thioether (sulfide) groups is 1. The van der Waals surface area contributed by atoms with Gasteiger partial charge in [0, 0.05) is 20.2 Å². The van der Waals surface area contributed by atoms with Gasteiger partial charge in [-0.15, -0.1) is 23.1 Å². The minimum Gasteiger partial charge on any atom is -0.480 e. The van der Waals surface area contributed by atoms with Gasteiger partial charge in [-0.1, -0.05) is 0 Å². The lowest BCUT2D eigenvalue weighted by molar-refractivity contribution is -0.143. The number of amides is 2. The number of hydrogen-bond donors (Lipinski definition) is 1. The highest BCUT2D eigenvalue weighted by Crippen LogP contribution is 2.44. The van der Waals surface area contributed by atoms with Crippen LogP contribution in [0.2, 0.25) is 0 Å². The molecule has 1 aromatic heterocycles. The molecule has 2 unspecified atom stereocenters. The second kappa shape index (κ2) is 6.58. The number of carboxylic acid groups (broad SMARTS) is 1. The van der Waals surface area contributed by atoms with Crippen LogP contribution >= 0.6 is 23.1 Å². The normalized spacial score (nSPS) is 25.6. The molecule has 7 nitrogen and oxygen atoms in total. The Labute approximate surface area is 146 Å². The maximum Gasteiger partial charge on any atom is 0.321 e. The van der Waals surface area contributed by atoms with Crippen LogP contribution in [0.15, 0.2) is 29.3 Å². The maximum absolute atomic E-state index is 12.6. The first-order valence-electron chi connectivity index (χ1n) is 7.19. The molecular formula is C15H16N2O5S2. The Morgan fingerprint density at radius 2 is 2.21 bits per heavy atom. The van der Waals surface area contributed by atoms with Crippen molar-refractivity contribution in [3.63, 3.8) is 0 Å². The van der Waals surface area contributed by atoms with E-state index in [0.29, 0.717) is 10.6 Å². The number of carboxylic acids is 1. The van der Waals surface area contributed by atoms with E-state index in [9.17, 15) is 19.5 Å². The molecule has 1 fully saturated rings. The van der Waals surface area contributed by atoms with Gasteiger partial charge >= 0.3 is 5.97 Å². The molecule has 0 aromatic carbocycles. The summed E-state index contributed by atoms with van der Waals surface area (Å²) in [4.78, 5) is 39.1. The number of nitrogens with zero attached hydrogens (tertiary/aromatic N) is 2. The molecule has 0 radical (unpaired) electrons. The van der Waals surface area contributed by atoms with E-state index in [2.05, 4.69) is 0 Å². The summed E-state index contributed by atoms with van der Waals surface area (Å²) in [5.41, 5.74) is 0.531. The molecule has 2 aliphatic rings. The van der Waals surface area contributed by atoms with Gasteiger partial charge in [0.25, 0.3) is 5.91 Å². The molecule has 3 atom stereocenters. The van der Waals surface area contributed by atoms with Crippen LogP contribution in [-0.2, 0) is 19.1 Å². The Bertz CT molecular complexity index is 703. The fraction of sp³-hybridized carbons (Fsp3) is 0.400. The van der Waals surface area contributed by atoms with Crippen LogP contribution in [0.4, 0.5) is 5.00 Å². The fourth-order valence-corrected chi connectivity index (χ4v) is 5.04. The molecule has 0 saturated carbocycles. The quantitative estimate of drug-likeness (QED) is 0.790. The molecule has 0 aliphatic carbocycles. The number of carbonyl (C=O) groups is 3. The van der Waals surface area contributed by atoms with Gasteiger partial charge < -0.3 is 14.7 Å². The predicted octanol–water partition coefficient (Wildman–Crippen LogP) is 1.37. The van der Waals surface area contributed by atoms with E-state index in [4.69, 9.17) is 4.74 Å². The largest absolute Gasteiger partial charge is 0.480 e. The molecule has 1 N–H and O–H groups in total. The second-order valence-electron chi connectivity index (χ2n) is 5.41. The van der Waals surface area contributed by atoms with Crippen molar-refractivity contribution in [2.75, 3.05) is 18.6 Å². The molecule has 1 aromatic rings. The van der Waals surface area contributed by atoms with Crippen LogP contribution in [0, 0.1) is 0 Å². The smallest absolute Gasteiger partial charge is 0.321 e. The summed E-state index contributed by atoms with van der Waals surface area (Å²) in [5.74, 6) is -1.44. The van der Waals surface area contributed by atoms with Crippen LogP contribution in [0.25, 0.3) is 0 Å². The number of β-lactam (4-membered cyclic amide) rings is 1. The number of methoxy groups -OCH3 is 1. The zero-order chi connectivity index (χ0) is 17.4. The zero-order valence-electron chi connectivity index (χ0n) is 13.0. The second-order valence-corrected chi connectivity index (χ2v) is 7.57. The molecule has 9 heteroatoms. The highest BCUT2D eigenvalue weighted by atomic mass is 32.2. The summed E-state index contributed by atoms with van der Waals surface area (Å²) in [5, 5.41) is 10.8. The summed E-state index contributed by atoms with van der Waals surface area (Å²) in [6.45, 7) is 1.55. The van der Waals surface area contributed by atoms with Crippen molar-refractivity contribution in [3.8, 4) is 0 Å². The van der Waals surface area contributed by atoms with Gasteiger partial charge in [0.15, 0.2) is 0 Å². The third-order valence-corrected chi connectivity index (χ3v) is 6.27. The van der Waals surface area contributed by atoms with E-state index in [1.165, 1.54) is 35.2 Å². The molecule has 2 aliphatic heterocycles. The zero-order valence-corrected chi connectivity index (χ0v) is 14.7. The molecule has 3 heterocycles. The van der Waals surface area contributed by atoms with Crippen molar-refractivity contribution in [2.45, 2.75) is 23.6 Å². The Hall–Kier alpha value is -1.84. The SMILES string of the molecule is COCC1=CN2C(=O)C(N(C(C)=O)c3cccs3)[C@H]2SC1C(=O)O. The molecular weight excluding hydrogens is 352 g/mol. The van der Waals surface area contributed by atoms with E-state index in [1.807, 2.05) is 11.4 Å². The Kier molecular flexibility index (Phi) is 4.66. The lowest BCUT2D eigenvalue weighted by Gasteiger charge is -2.51. The topological polar surface area (TPSA) is 87.2 Å². The van der Waals surface area contributed by atoms with Crippen LogP contribution in [0.5, 0.6) is 0 Å². The summed E-state index contributed by atoms with van der Waals surface area (Å²) in [7, 11) is 1.48. The standard InChI is InChI=1S/C15H16N2O5S2/c1-8(18)17(10-4-3-5-23-10)11-13(19)16-6-9(7-22-2)12(15(20)21)24-14(11)16/h3-6,11-12,14H,7H2,1-2H3,(H,20,21)/t11?,12?,14-/m1/s1. The van der Waals surface area contributed by atoms with Crippen LogP contribution in [0.1, 0.15) is 6.92 Å². The van der Waals surface area contributed by atoms with Gasteiger partial charge in [0.1, 0.15) is 16.7 Å². The monoisotopic (exact) mass is 368 g/mol. The summed E-state index contributed by atoms with van der Waals surface area (Å²) in [6.07, 6.45) is 1.55. The maximum atomic E-state index is 12.6. The number of anilines is 1. The summed E-state index contributed by atoms with van der Waals surface area (Å²) in [6, 6.07) is 2.89. The van der Waals surface area contributed by atoms with E-state index < -0.39 is 22.6 Å². The lowest BCUT2D eigenvalue weighted by Crippen LogP contribution is -2.70. The van der Waals surface area contributed by atoms with Gasteiger partial charge in [-0.3, -0.25) is 19.3 Å². The van der Waals surface area contributed by atoms with Crippen molar-refractivity contribution in [2.24, 2.45) is 0 Å². The molecule has 128 valence electrons. The number of rotatable bonds is 5. The van der Waals surface area contributed by atoms with Crippen LogP contribution in [-0.4, -0.2) is 58.2 Å². The van der Waals surface area contributed by atoms with Crippen molar-refractivity contribution in [3.05, 3.63) is 29.3 Å². The average Bonchev–Trinajstić information content (AvgIpc) is 3.05. The Balaban J connectivity index is 1.91. The van der Waals surface area contributed by atoms with E-state index in [-0.39, 0.29) is 18.4 Å². The predicted molar refractivity (Wildman–Crippen MR) is 90.9 cm³/mol. The van der Waals surface area contributed by atoms with Gasteiger partial charge in [-0.2, -0.15) is 0 Å². The number of hydrogen-bond acceptors (Lipinski definition) is 6.